The highest BCUT2D eigenvalue weighted by Crippen LogP contribution is 2.31. The average Bonchev–Trinajstić information content (AvgIpc) is 2.54. The third-order valence-electron chi connectivity index (χ3n) is 4.99. The van der Waals surface area contributed by atoms with E-state index >= 15 is 0 Å². The number of amides is 1. The maximum atomic E-state index is 12.6. The molecule has 1 aliphatic carbocycles. The number of nitrogens with one attached hydrogen (secondary N) is 1. The van der Waals surface area contributed by atoms with Crippen molar-refractivity contribution in [3.05, 3.63) is 0 Å². The van der Waals surface area contributed by atoms with Crippen molar-refractivity contribution in [2.75, 3.05) is 19.6 Å². The SMILES string of the molecule is CC(C)(C)OC(=O)N1CCNCC1C(C=NO)CC1CCCCC1. The Morgan fingerprint density at radius 2 is 2.08 bits per heavy atom. The molecule has 0 bridgehead atoms. The van der Waals surface area contributed by atoms with Gasteiger partial charge in [0.2, 0.25) is 0 Å². The maximum Gasteiger partial charge on any atom is 0.410 e. The highest BCUT2D eigenvalue weighted by atomic mass is 16.6. The normalized spacial score (nSPS) is 25.0. The van der Waals surface area contributed by atoms with Gasteiger partial charge in [0.1, 0.15) is 5.60 Å². The van der Waals surface area contributed by atoms with Crippen molar-refractivity contribution in [1.29, 1.82) is 0 Å². The second-order valence-electron chi connectivity index (χ2n) is 8.11. The molecule has 2 rings (SSSR count). The number of piperazine rings is 1. The van der Waals surface area contributed by atoms with Gasteiger partial charge in [0.05, 0.1) is 6.04 Å². The van der Waals surface area contributed by atoms with E-state index in [0.717, 1.165) is 13.0 Å². The number of hydrogen-bond donors (Lipinski definition) is 2. The summed E-state index contributed by atoms with van der Waals surface area (Å²) < 4.78 is 5.58. The molecule has 24 heavy (non-hydrogen) atoms. The summed E-state index contributed by atoms with van der Waals surface area (Å²) in [5.74, 6) is 0.711. The lowest BCUT2D eigenvalue weighted by molar-refractivity contribution is 0.00683. The molecule has 0 aromatic heterocycles. The summed E-state index contributed by atoms with van der Waals surface area (Å²) in [6.07, 6.45) is 8.68. The Morgan fingerprint density at radius 1 is 1.38 bits per heavy atom. The Hall–Kier alpha value is -1.30. The zero-order chi connectivity index (χ0) is 17.6. The van der Waals surface area contributed by atoms with Crippen molar-refractivity contribution in [3.63, 3.8) is 0 Å². The minimum absolute atomic E-state index is 0.0218. The van der Waals surface area contributed by atoms with Crippen LogP contribution < -0.4 is 5.32 Å². The quantitative estimate of drug-likeness (QED) is 0.468. The molecule has 6 nitrogen and oxygen atoms in total. The predicted molar refractivity (Wildman–Crippen MR) is 94.6 cm³/mol. The van der Waals surface area contributed by atoms with E-state index < -0.39 is 5.60 Å². The summed E-state index contributed by atoms with van der Waals surface area (Å²) in [7, 11) is 0. The van der Waals surface area contributed by atoms with Gasteiger partial charge in [0.15, 0.2) is 0 Å². The zero-order valence-electron chi connectivity index (χ0n) is 15.3. The van der Waals surface area contributed by atoms with E-state index in [0.29, 0.717) is 19.0 Å². The van der Waals surface area contributed by atoms with Crippen LogP contribution >= 0.6 is 0 Å². The van der Waals surface area contributed by atoms with Gasteiger partial charge in [-0.15, -0.1) is 5.16 Å². The molecule has 1 aliphatic heterocycles. The second-order valence-corrected chi connectivity index (χ2v) is 8.11. The summed E-state index contributed by atoms with van der Waals surface area (Å²) in [6.45, 7) is 7.76. The molecule has 2 unspecified atom stereocenters. The van der Waals surface area contributed by atoms with E-state index in [1.807, 2.05) is 25.7 Å². The molecule has 0 radical (unpaired) electrons. The minimum atomic E-state index is -0.504. The fraction of sp³-hybridized carbons (Fsp3) is 0.889. The van der Waals surface area contributed by atoms with Gasteiger partial charge in [-0.05, 0) is 33.1 Å². The van der Waals surface area contributed by atoms with Gasteiger partial charge in [0, 0.05) is 31.8 Å². The van der Waals surface area contributed by atoms with E-state index in [1.54, 1.807) is 6.21 Å². The monoisotopic (exact) mass is 339 g/mol. The van der Waals surface area contributed by atoms with Gasteiger partial charge < -0.3 is 20.2 Å². The Bertz CT molecular complexity index is 428. The number of carbonyl (C=O) groups excluding carboxylic acids is 1. The van der Waals surface area contributed by atoms with Crippen molar-refractivity contribution < 1.29 is 14.7 Å². The first-order valence-corrected chi connectivity index (χ1v) is 9.28. The molecule has 138 valence electrons. The van der Waals surface area contributed by atoms with Crippen molar-refractivity contribution in [1.82, 2.24) is 10.2 Å². The number of carbonyl (C=O) groups is 1. The van der Waals surface area contributed by atoms with Crippen LogP contribution in [-0.2, 0) is 4.74 Å². The number of hydrogen-bond acceptors (Lipinski definition) is 5. The largest absolute Gasteiger partial charge is 0.444 e. The van der Waals surface area contributed by atoms with Crippen LogP contribution in [0, 0.1) is 11.8 Å². The molecule has 1 heterocycles. The lowest BCUT2D eigenvalue weighted by atomic mass is 9.80. The lowest BCUT2D eigenvalue weighted by Gasteiger charge is -2.41. The predicted octanol–water partition coefficient (Wildman–Crippen LogP) is 3.24. The standard InChI is InChI=1S/C18H33N3O3/c1-18(2,3)24-17(22)21-10-9-19-13-16(21)15(12-20-23)11-14-7-5-4-6-8-14/h12,14-16,19,23H,4-11,13H2,1-3H3. The molecule has 2 atom stereocenters. The number of ether oxygens (including phenoxy) is 1. The topological polar surface area (TPSA) is 74.2 Å². The van der Waals surface area contributed by atoms with E-state index in [2.05, 4.69) is 10.5 Å². The van der Waals surface area contributed by atoms with Gasteiger partial charge in [-0.2, -0.15) is 0 Å². The second kappa shape index (κ2) is 8.70. The Kier molecular flexibility index (Phi) is 6.90. The highest BCUT2D eigenvalue weighted by Gasteiger charge is 2.36. The highest BCUT2D eigenvalue weighted by molar-refractivity contribution is 5.70. The molecule has 2 aliphatic rings. The van der Waals surface area contributed by atoms with Crippen molar-refractivity contribution >= 4 is 12.3 Å². The lowest BCUT2D eigenvalue weighted by Crippen LogP contribution is -2.58. The van der Waals surface area contributed by atoms with E-state index in [4.69, 9.17) is 9.94 Å². The van der Waals surface area contributed by atoms with Crippen LogP contribution in [0.2, 0.25) is 0 Å². The molecule has 1 saturated carbocycles. The molecule has 1 amide bonds. The molecular weight excluding hydrogens is 306 g/mol. The first-order chi connectivity index (χ1) is 11.4. The van der Waals surface area contributed by atoms with Gasteiger partial charge in [-0.25, -0.2) is 4.79 Å². The number of rotatable bonds is 4. The van der Waals surface area contributed by atoms with Crippen LogP contribution in [0.15, 0.2) is 5.16 Å². The third kappa shape index (κ3) is 5.65. The average molecular weight is 339 g/mol. The van der Waals surface area contributed by atoms with Crippen LogP contribution in [0.5, 0.6) is 0 Å². The number of oxime groups is 1. The van der Waals surface area contributed by atoms with Gasteiger partial charge in [-0.3, -0.25) is 0 Å². The summed E-state index contributed by atoms with van der Waals surface area (Å²) in [5, 5.41) is 15.8. The molecular formula is C18H33N3O3. The molecule has 6 heteroatoms. The first kappa shape index (κ1) is 19.0. The van der Waals surface area contributed by atoms with Gasteiger partial charge in [0.25, 0.3) is 0 Å². The summed E-state index contributed by atoms with van der Waals surface area (Å²) in [6, 6.07) is -0.0218. The maximum absolute atomic E-state index is 12.6. The smallest absolute Gasteiger partial charge is 0.410 e. The van der Waals surface area contributed by atoms with E-state index in [1.165, 1.54) is 32.1 Å². The number of nitrogens with zero attached hydrogens (tertiary/aromatic N) is 2. The van der Waals surface area contributed by atoms with Crippen molar-refractivity contribution in [3.8, 4) is 0 Å². The van der Waals surface area contributed by atoms with Crippen molar-refractivity contribution in [2.24, 2.45) is 17.0 Å². The fourth-order valence-electron chi connectivity index (χ4n) is 3.87. The van der Waals surface area contributed by atoms with Crippen LogP contribution in [0.1, 0.15) is 59.3 Å². The molecule has 2 fully saturated rings. The van der Waals surface area contributed by atoms with Crippen LogP contribution in [0.3, 0.4) is 0 Å². The minimum Gasteiger partial charge on any atom is -0.444 e. The Balaban J connectivity index is 2.07. The molecule has 0 aromatic carbocycles. The molecule has 1 saturated heterocycles. The molecule has 0 spiro atoms. The Labute approximate surface area is 145 Å². The van der Waals surface area contributed by atoms with Crippen LogP contribution in [0.25, 0.3) is 0 Å². The summed E-state index contributed by atoms with van der Waals surface area (Å²) in [5.41, 5.74) is -0.504. The summed E-state index contributed by atoms with van der Waals surface area (Å²) in [4.78, 5) is 14.4. The van der Waals surface area contributed by atoms with Crippen molar-refractivity contribution in [2.45, 2.75) is 70.9 Å². The van der Waals surface area contributed by atoms with E-state index in [-0.39, 0.29) is 18.1 Å². The Morgan fingerprint density at radius 3 is 2.71 bits per heavy atom. The van der Waals surface area contributed by atoms with Crippen LogP contribution in [0.4, 0.5) is 4.79 Å². The van der Waals surface area contributed by atoms with Gasteiger partial charge in [-0.1, -0.05) is 32.1 Å². The fourth-order valence-corrected chi connectivity index (χ4v) is 3.87. The van der Waals surface area contributed by atoms with E-state index in [9.17, 15) is 4.79 Å². The first-order valence-electron chi connectivity index (χ1n) is 9.28. The molecule has 0 aromatic rings. The van der Waals surface area contributed by atoms with Gasteiger partial charge >= 0.3 is 6.09 Å². The third-order valence-corrected chi connectivity index (χ3v) is 4.99. The summed E-state index contributed by atoms with van der Waals surface area (Å²) >= 11 is 0. The van der Waals surface area contributed by atoms with Crippen LogP contribution in [-0.4, -0.2) is 53.7 Å². The molecule has 2 N–H and O–H groups in total. The zero-order valence-corrected chi connectivity index (χ0v) is 15.3.